The molecular weight excluding hydrogens is 204 g/mol. The van der Waals surface area contributed by atoms with Crippen LogP contribution in [0.1, 0.15) is 37.2 Å². The van der Waals surface area contributed by atoms with E-state index in [1.807, 2.05) is 0 Å². The summed E-state index contributed by atoms with van der Waals surface area (Å²) in [6.07, 6.45) is 10.8. The van der Waals surface area contributed by atoms with E-state index in [2.05, 4.69) is 42.5 Å². The fraction of sp³-hybridized carbons (Fsp3) is 0.529. The van der Waals surface area contributed by atoms with E-state index in [0.717, 1.165) is 29.6 Å². The minimum Gasteiger partial charge on any atom is -0.0848 e. The molecule has 0 aromatic heterocycles. The summed E-state index contributed by atoms with van der Waals surface area (Å²) in [5.74, 6) is 4.75. The first-order chi connectivity index (χ1) is 8.42. The third-order valence-electron chi connectivity index (χ3n) is 5.48. The van der Waals surface area contributed by atoms with Crippen LogP contribution in [0.5, 0.6) is 0 Å². The minimum atomic E-state index is 0.838. The Morgan fingerprint density at radius 1 is 0.765 bits per heavy atom. The van der Waals surface area contributed by atoms with Crippen molar-refractivity contribution >= 4 is 0 Å². The third kappa shape index (κ3) is 1.50. The zero-order valence-electron chi connectivity index (χ0n) is 10.3. The van der Waals surface area contributed by atoms with Crippen molar-refractivity contribution in [1.82, 2.24) is 0 Å². The molecule has 17 heavy (non-hydrogen) atoms. The van der Waals surface area contributed by atoms with E-state index in [1.165, 1.54) is 25.7 Å². The number of allylic oxidation sites excluding steroid dienone is 2. The van der Waals surface area contributed by atoms with Crippen LogP contribution in [0, 0.1) is 23.7 Å². The number of fused-ring (bicyclic) bond motifs is 5. The van der Waals surface area contributed by atoms with Crippen LogP contribution in [0.15, 0.2) is 42.5 Å². The number of rotatable bonds is 1. The van der Waals surface area contributed by atoms with Crippen LogP contribution >= 0.6 is 0 Å². The third-order valence-corrected chi connectivity index (χ3v) is 5.48. The quantitative estimate of drug-likeness (QED) is 0.620. The Morgan fingerprint density at radius 2 is 1.53 bits per heavy atom. The molecule has 0 aliphatic heterocycles. The van der Waals surface area contributed by atoms with Gasteiger partial charge in [-0.25, -0.2) is 0 Å². The first-order valence-corrected chi connectivity index (χ1v) is 7.15. The van der Waals surface area contributed by atoms with Crippen molar-refractivity contribution in [2.24, 2.45) is 23.7 Å². The Morgan fingerprint density at radius 3 is 2.35 bits per heavy atom. The topological polar surface area (TPSA) is 0 Å². The Kier molecular flexibility index (Phi) is 2.18. The van der Waals surface area contributed by atoms with Crippen LogP contribution in [0.25, 0.3) is 0 Å². The lowest BCUT2D eigenvalue weighted by molar-refractivity contribution is 0.201. The number of benzene rings is 1. The summed E-state index contributed by atoms with van der Waals surface area (Å²) in [5, 5.41) is 0. The van der Waals surface area contributed by atoms with Gasteiger partial charge in [-0.1, -0.05) is 42.5 Å². The van der Waals surface area contributed by atoms with Gasteiger partial charge >= 0.3 is 0 Å². The maximum absolute atomic E-state index is 2.51. The highest BCUT2D eigenvalue weighted by atomic mass is 14.5. The van der Waals surface area contributed by atoms with Crippen LogP contribution in [0.3, 0.4) is 0 Å². The molecule has 88 valence electrons. The highest BCUT2D eigenvalue weighted by Gasteiger charge is 2.46. The van der Waals surface area contributed by atoms with Crippen LogP contribution in [0.2, 0.25) is 0 Å². The highest BCUT2D eigenvalue weighted by molar-refractivity contribution is 5.23. The second-order valence-electron chi connectivity index (χ2n) is 6.20. The van der Waals surface area contributed by atoms with Crippen LogP contribution in [0.4, 0.5) is 0 Å². The average molecular weight is 224 g/mol. The van der Waals surface area contributed by atoms with Crippen LogP contribution < -0.4 is 0 Å². The van der Waals surface area contributed by atoms with E-state index in [1.54, 1.807) is 5.56 Å². The van der Waals surface area contributed by atoms with Crippen molar-refractivity contribution in [3.8, 4) is 0 Å². The lowest BCUT2D eigenvalue weighted by Gasteiger charge is -2.37. The maximum atomic E-state index is 2.51. The van der Waals surface area contributed by atoms with Gasteiger partial charge in [0.15, 0.2) is 0 Å². The molecule has 5 unspecified atom stereocenters. The second-order valence-corrected chi connectivity index (χ2v) is 6.20. The fourth-order valence-electron chi connectivity index (χ4n) is 4.67. The normalized spacial score (nSPS) is 42.7. The molecule has 0 amide bonds. The minimum absolute atomic E-state index is 0.838. The summed E-state index contributed by atoms with van der Waals surface area (Å²) in [6, 6.07) is 11.2. The Labute approximate surface area is 104 Å². The van der Waals surface area contributed by atoms with E-state index < -0.39 is 0 Å². The molecule has 2 bridgehead atoms. The molecule has 2 saturated carbocycles. The molecule has 1 aromatic rings. The highest BCUT2D eigenvalue weighted by Crippen LogP contribution is 2.56. The molecule has 0 radical (unpaired) electrons. The molecular formula is C17H20. The SMILES string of the molecule is C1=CC2CC1C1CCC(c3ccccc3)CC21. The van der Waals surface area contributed by atoms with Gasteiger partial charge in [-0.15, -0.1) is 0 Å². The van der Waals surface area contributed by atoms with Gasteiger partial charge in [0, 0.05) is 0 Å². The van der Waals surface area contributed by atoms with Gasteiger partial charge in [0.05, 0.1) is 0 Å². The first kappa shape index (κ1) is 9.94. The van der Waals surface area contributed by atoms with Gasteiger partial charge < -0.3 is 0 Å². The Bertz CT molecular complexity index is 431. The largest absolute Gasteiger partial charge is 0.0848 e. The van der Waals surface area contributed by atoms with Crippen LogP contribution in [-0.4, -0.2) is 0 Å². The van der Waals surface area contributed by atoms with Crippen molar-refractivity contribution in [3.05, 3.63) is 48.0 Å². The molecule has 0 N–H and O–H groups in total. The van der Waals surface area contributed by atoms with E-state index in [-0.39, 0.29) is 0 Å². The van der Waals surface area contributed by atoms with E-state index in [0.29, 0.717) is 0 Å². The lowest BCUT2D eigenvalue weighted by Crippen LogP contribution is -2.27. The zero-order chi connectivity index (χ0) is 11.2. The molecule has 5 atom stereocenters. The summed E-state index contributed by atoms with van der Waals surface area (Å²) in [7, 11) is 0. The van der Waals surface area contributed by atoms with Gasteiger partial charge in [0.25, 0.3) is 0 Å². The molecule has 1 aromatic carbocycles. The Hall–Kier alpha value is -1.04. The summed E-state index contributed by atoms with van der Waals surface area (Å²) in [6.45, 7) is 0. The van der Waals surface area contributed by atoms with Gasteiger partial charge in [-0.3, -0.25) is 0 Å². The smallest absolute Gasteiger partial charge is 0.0159 e. The molecule has 3 aliphatic carbocycles. The zero-order valence-corrected chi connectivity index (χ0v) is 10.3. The first-order valence-electron chi connectivity index (χ1n) is 7.15. The predicted molar refractivity (Wildman–Crippen MR) is 70.8 cm³/mol. The molecule has 0 spiro atoms. The summed E-state index contributed by atoms with van der Waals surface area (Å²) in [4.78, 5) is 0. The number of hydrogen-bond acceptors (Lipinski definition) is 0. The Balaban J connectivity index is 1.57. The molecule has 0 heterocycles. The fourth-order valence-corrected chi connectivity index (χ4v) is 4.67. The molecule has 4 rings (SSSR count). The molecule has 0 nitrogen and oxygen atoms in total. The van der Waals surface area contributed by atoms with Crippen molar-refractivity contribution in [3.63, 3.8) is 0 Å². The summed E-state index contributed by atoms with van der Waals surface area (Å²) >= 11 is 0. The summed E-state index contributed by atoms with van der Waals surface area (Å²) in [5.41, 5.74) is 1.58. The molecule has 2 fully saturated rings. The van der Waals surface area contributed by atoms with E-state index >= 15 is 0 Å². The lowest BCUT2D eigenvalue weighted by atomic mass is 9.68. The average Bonchev–Trinajstić information content (AvgIpc) is 3.01. The van der Waals surface area contributed by atoms with Gasteiger partial charge in [-0.2, -0.15) is 0 Å². The van der Waals surface area contributed by atoms with Gasteiger partial charge in [0.1, 0.15) is 0 Å². The maximum Gasteiger partial charge on any atom is -0.0159 e. The molecule has 3 aliphatic rings. The molecule has 0 heteroatoms. The van der Waals surface area contributed by atoms with Crippen LogP contribution in [-0.2, 0) is 0 Å². The van der Waals surface area contributed by atoms with Crippen molar-refractivity contribution in [2.45, 2.75) is 31.6 Å². The van der Waals surface area contributed by atoms with Gasteiger partial charge in [0.2, 0.25) is 0 Å². The van der Waals surface area contributed by atoms with Crippen molar-refractivity contribution in [2.75, 3.05) is 0 Å². The monoisotopic (exact) mass is 224 g/mol. The van der Waals surface area contributed by atoms with Crippen molar-refractivity contribution < 1.29 is 0 Å². The van der Waals surface area contributed by atoms with E-state index in [9.17, 15) is 0 Å². The summed E-state index contributed by atoms with van der Waals surface area (Å²) < 4.78 is 0. The van der Waals surface area contributed by atoms with Crippen molar-refractivity contribution in [1.29, 1.82) is 0 Å². The van der Waals surface area contributed by atoms with Gasteiger partial charge in [-0.05, 0) is 60.8 Å². The molecule has 0 saturated heterocycles. The number of hydrogen-bond donors (Lipinski definition) is 0. The predicted octanol–water partition coefficient (Wildman–Crippen LogP) is 4.39. The van der Waals surface area contributed by atoms with E-state index in [4.69, 9.17) is 0 Å². The standard InChI is InChI=1S/C17H20/c1-2-4-12(5-3-1)13-8-9-16-14-6-7-15(10-14)17(16)11-13/h1-7,13-17H,8-11H2. The second kappa shape index (κ2) is 3.73.